The smallest absolute Gasteiger partial charge is 0.240 e. The van der Waals surface area contributed by atoms with Crippen LogP contribution in [0.15, 0.2) is 18.2 Å². The van der Waals surface area contributed by atoms with Gasteiger partial charge in [0.25, 0.3) is 0 Å². The quantitative estimate of drug-likeness (QED) is 0.807. The summed E-state index contributed by atoms with van der Waals surface area (Å²) >= 11 is 0. The zero-order chi connectivity index (χ0) is 14.0. The van der Waals surface area contributed by atoms with E-state index in [4.69, 9.17) is 16.2 Å². The second-order valence-electron chi connectivity index (χ2n) is 5.11. The molecule has 1 aliphatic rings. The van der Waals surface area contributed by atoms with Crippen molar-refractivity contribution in [2.75, 3.05) is 17.2 Å². The zero-order valence-corrected chi connectivity index (χ0v) is 11.4. The lowest BCUT2D eigenvalue weighted by atomic mass is 10.1. The Morgan fingerprint density at radius 3 is 2.84 bits per heavy atom. The van der Waals surface area contributed by atoms with Crippen molar-refractivity contribution in [2.24, 2.45) is 5.73 Å². The van der Waals surface area contributed by atoms with Gasteiger partial charge < -0.3 is 21.1 Å². The van der Waals surface area contributed by atoms with Crippen LogP contribution in [-0.2, 0) is 4.79 Å². The van der Waals surface area contributed by atoms with Crippen LogP contribution < -0.4 is 21.1 Å². The summed E-state index contributed by atoms with van der Waals surface area (Å²) in [6.45, 7) is 4.70. The molecular weight excluding hydrogens is 242 g/mol. The Balaban J connectivity index is 2.32. The number of amides is 1. The number of hydrogen-bond donors (Lipinski definition) is 2. The Morgan fingerprint density at radius 2 is 2.21 bits per heavy atom. The van der Waals surface area contributed by atoms with Gasteiger partial charge in [-0.05, 0) is 38.8 Å². The largest absolute Gasteiger partial charge is 0.489 e. The van der Waals surface area contributed by atoms with Crippen molar-refractivity contribution in [3.63, 3.8) is 0 Å². The average Bonchev–Trinajstić information content (AvgIpc) is 2.80. The lowest BCUT2D eigenvalue weighted by Crippen LogP contribution is -2.40. The SMILES string of the molecule is CC(C)Oc1cccc(N2CCCC2C(N)=O)c1N. The van der Waals surface area contributed by atoms with Crippen LogP contribution in [0.5, 0.6) is 5.75 Å². The molecule has 1 aliphatic heterocycles. The molecule has 5 heteroatoms. The second-order valence-corrected chi connectivity index (χ2v) is 5.11. The fourth-order valence-corrected chi connectivity index (χ4v) is 2.49. The van der Waals surface area contributed by atoms with Gasteiger partial charge in [-0.2, -0.15) is 0 Å². The summed E-state index contributed by atoms with van der Waals surface area (Å²) in [6, 6.07) is 5.37. The van der Waals surface area contributed by atoms with Crippen molar-refractivity contribution in [2.45, 2.75) is 38.8 Å². The predicted molar refractivity (Wildman–Crippen MR) is 76.2 cm³/mol. The molecule has 5 nitrogen and oxygen atoms in total. The molecule has 2 rings (SSSR count). The maximum Gasteiger partial charge on any atom is 0.240 e. The van der Waals surface area contributed by atoms with E-state index in [1.54, 1.807) is 0 Å². The van der Waals surface area contributed by atoms with Gasteiger partial charge in [-0.1, -0.05) is 6.07 Å². The summed E-state index contributed by atoms with van der Waals surface area (Å²) in [7, 11) is 0. The van der Waals surface area contributed by atoms with Crippen LogP contribution >= 0.6 is 0 Å². The normalized spacial score (nSPS) is 18.9. The summed E-state index contributed by atoms with van der Waals surface area (Å²) in [5, 5.41) is 0. The van der Waals surface area contributed by atoms with Crippen LogP contribution in [0.3, 0.4) is 0 Å². The lowest BCUT2D eigenvalue weighted by molar-refractivity contribution is -0.119. The number of ether oxygens (including phenoxy) is 1. The minimum atomic E-state index is -0.299. The molecule has 1 aromatic rings. The maximum absolute atomic E-state index is 11.5. The molecule has 1 aromatic carbocycles. The van der Waals surface area contributed by atoms with Gasteiger partial charge in [-0.15, -0.1) is 0 Å². The minimum Gasteiger partial charge on any atom is -0.489 e. The number of rotatable bonds is 4. The van der Waals surface area contributed by atoms with Crippen LogP contribution in [-0.4, -0.2) is 24.6 Å². The first-order valence-corrected chi connectivity index (χ1v) is 6.61. The first-order chi connectivity index (χ1) is 9.00. The number of para-hydroxylation sites is 1. The van der Waals surface area contributed by atoms with Gasteiger partial charge in [-0.3, -0.25) is 4.79 Å². The van der Waals surface area contributed by atoms with Gasteiger partial charge in [0.05, 0.1) is 17.5 Å². The molecule has 1 fully saturated rings. The van der Waals surface area contributed by atoms with Crippen LogP contribution in [0, 0.1) is 0 Å². The van der Waals surface area contributed by atoms with Gasteiger partial charge in [0.1, 0.15) is 11.8 Å². The number of benzene rings is 1. The molecule has 19 heavy (non-hydrogen) atoms. The van der Waals surface area contributed by atoms with Gasteiger partial charge in [0.2, 0.25) is 5.91 Å². The van der Waals surface area contributed by atoms with Crippen LogP contribution in [0.1, 0.15) is 26.7 Å². The number of hydrogen-bond acceptors (Lipinski definition) is 4. The Kier molecular flexibility index (Phi) is 3.83. The number of carbonyl (C=O) groups is 1. The molecule has 104 valence electrons. The third kappa shape index (κ3) is 2.75. The molecule has 0 aliphatic carbocycles. The zero-order valence-electron chi connectivity index (χ0n) is 11.4. The third-order valence-corrected chi connectivity index (χ3v) is 3.30. The minimum absolute atomic E-state index is 0.0584. The van der Waals surface area contributed by atoms with Crippen LogP contribution in [0.4, 0.5) is 11.4 Å². The molecule has 0 bridgehead atoms. The van der Waals surface area contributed by atoms with Crippen molar-refractivity contribution < 1.29 is 9.53 Å². The standard InChI is InChI=1S/C14H21N3O2/c1-9(2)19-12-7-3-5-10(13(12)15)17-8-4-6-11(17)14(16)18/h3,5,7,9,11H,4,6,8,15H2,1-2H3,(H2,16,18). The maximum atomic E-state index is 11.5. The van der Waals surface area contributed by atoms with Crippen LogP contribution in [0.25, 0.3) is 0 Å². The molecule has 0 radical (unpaired) electrons. The number of nitrogen functional groups attached to an aromatic ring is 1. The van der Waals surface area contributed by atoms with E-state index >= 15 is 0 Å². The summed E-state index contributed by atoms with van der Waals surface area (Å²) < 4.78 is 5.67. The van der Waals surface area contributed by atoms with E-state index in [9.17, 15) is 4.79 Å². The lowest BCUT2D eigenvalue weighted by Gasteiger charge is -2.27. The van der Waals surface area contributed by atoms with Gasteiger partial charge in [0.15, 0.2) is 0 Å². The van der Waals surface area contributed by atoms with Crippen molar-refractivity contribution in [3.8, 4) is 5.75 Å². The number of carbonyl (C=O) groups excluding carboxylic acids is 1. The van der Waals surface area contributed by atoms with Crippen molar-refractivity contribution in [1.82, 2.24) is 0 Å². The Morgan fingerprint density at radius 1 is 1.47 bits per heavy atom. The first-order valence-electron chi connectivity index (χ1n) is 6.61. The highest BCUT2D eigenvalue weighted by molar-refractivity contribution is 5.87. The highest BCUT2D eigenvalue weighted by Gasteiger charge is 2.30. The molecule has 1 heterocycles. The van der Waals surface area contributed by atoms with E-state index in [0.29, 0.717) is 11.4 Å². The summed E-state index contributed by atoms with van der Waals surface area (Å²) in [5.41, 5.74) is 13.0. The molecule has 1 unspecified atom stereocenters. The van der Waals surface area contributed by atoms with Crippen molar-refractivity contribution in [3.05, 3.63) is 18.2 Å². The number of nitrogens with zero attached hydrogens (tertiary/aromatic N) is 1. The fraction of sp³-hybridized carbons (Fsp3) is 0.500. The van der Waals surface area contributed by atoms with Crippen LogP contribution in [0.2, 0.25) is 0 Å². The average molecular weight is 263 g/mol. The molecular formula is C14H21N3O2. The topological polar surface area (TPSA) is 81.6 Å². The fourth-order valence-electron chi connectivity index (χ4n) is 2.49. The second kappa shape index (κ2) is 5.38. The van der Waals surface area contributed by atoms with E-state index in [1.807, 2.05) is 36.9 Å². The number of nitrogens with two attached hydrogens (primary N) is 2. The van der Waals surface area contributed by atoms with E-state index < -0.39 is 0 Å². The Labute approximate surface area is 113 Å². The summed E-state index contributed by atoms with van der Waals surface area (Å²) in [5.74, 6) is 0.356. The highest BCUT2D eigenvalue weighted by atomic mass is 16.5. The number of primary amides is 1. The van der Waals surface area contributed by atoms with Gasteiger partial charge in [-0.25, -0.2) is 0 Å². The Bertz CT molecular complexity index is 474. The molecule has 0 spiro atoms. The highest BCUT2D eigenvalue weighted by Crippen LogP contribution is 2.36. The molecule has 1 saturated heterocycles. The van der Waals surface area contributed by atoms with E-state index in [2.05, 4.69) is 0 Å². The van der Waals surface area contributed by atoms with Crippen molar-refractivity contribution >= 4 is 17.3 Å². The molecule has 0 aromatic heterocycles. The number of anilines is 2. The predicted octanol–water partition coefficient (Wildman–Crippen LogP) is 1.51. The van der Waals surface area contributed by atoms with E-state index in [1.165, 1.54) is 0 Å². The molecule has 0 saturated carbocycles. The van der Waals surface area contributed by atoms with Gasteiger partial charge in [0, 0.05) is 6.54 Å². The molecule has 4 N–H and O–H groups in total. The van der Waals surface area contributed by atoms with E-state index in [-0.39, 0.29) is 18.1 Å². The van der Waals surface area contributed by atoms with Gasteiger partial charge >= 0.3 is 0 Å². The molecule has 1 atom stereocenters. The monoisotopic (exact) mass is 263 g/mol. The molecule has 1 amide bonds. The summed E-state index contributed by atoms with van der Waals surface area (Å²) in [4.78, 5) is 13.4. The third-order valence-electron chi connectivity index (χ3n) is 3.30. The Hall–Kier alpha value is -1.91. The van der Waals surface area contributed by atoms with Crippen molar-refractivity contribution in [1.29, 1.82) is 0 Å². The summed E-state index contributed by atoms with van der Waals surface area (Å²) in [6.07, 6.45) is 1.79. The first kappa shape index (κ1) is 13.5. The van der Waals surface area contributed by atoms with E-state index in [0.717, 1.165) is 25.1 Å².